The quantitative estimate of drug-likeness (QED) is 0.348. The number of hydrogen-bond acceptors (Lipinski definition) is 12. The van der Waals surface area contributed by atoms with Crippen molar-refractivity contribution in [1.29, 1.82) is 0 Å². The zero-order valence-electron chi connectivity index (χ0n) is 27.1. The normalized spacial score (nSPS) is 45.7. The molecule has 1 aromatic rings. The molecule has 5 aliphatic rings. The molecular weight excluding hydrogens is 588 g/mol. The lowest BCUT2D eigenvalue weighted by molar-refractivity contribution is -0.385. The van der Waals surface area contributed by atoms with E-state index in [2.05, 4.69) is 0 Å². The molecule has 0 radical (unpaired) electrons. The van der Waals surface area contributed by atoms with E-state index in [0.29, 0.717) is 18.4 Å². The largest absolute Gasteiger partial charge is 0.472 e. The van der Waals surface area contributed by atoms with Crippen LogP contribution in [0, 0.1) is 39.9 Å². The van der Waals surface area contributed by atoms with E-state index in [1.54, 1.807) is 40.7 Å². The summed E-state index contributed by atoms with van der Waals surface area (Å²) in [7, 11) is 1.27. The van der Waals surface area contributed by atoms with Crippen LogP contribution in [0.25, 0.3) is 0 Å². The zero-order chi connectivity index (χ0) is 33.1. The highest BCUT2D eigenvalue weighted by Crippen LogP contribution is 2.82. The number of cyclic esters (lactones) is 1. The zero-order valence-corrected chi connectivity index (χ0v) is 27.1. The molecule has 3 saturated heterocycles. The second kappa shape index (κ2) is 9.78. The van der Waals surface area contributed by atoms with Crippen molar-refractivity contribution in [1.82, 2.24) is 0 Å². The lowest BCUT2D eigenvalue weighted by atomic mass is 9.35. The van der Waals surface area contributed by atoms with Crippen molar-refractivity contribution in [2.75, 3.05) is 7.11 Å². The second-order valence-electron chi connectivity index (χ2n) is 15.1. The number of furan rings is 1. The van der Waals surface area contributed by atoms with E-state index >= 15 is 0 Å². The minimum absolute atomic E-state index is 0.150. The first kappa shape index (κ1) is 32.0. The van der Waals surface area contributed by atoms with E-state index < -0.39 is 99.1 Å². The van der Waals surface area contributed by atoms with Crippen molar-refractivity contribution >= 4 is 23.9 Å². The summed E-state index contributed by atoms with van der Waals surface area (Å²) in [5.41, 5.74) is -6.83. The van der Waals surface area contributed by atoms with Gasteiger partial charge in [-0.05, 0) is 24.8 Å². The predicted molar refractivity (Wildman–Crippen MR) is 152 cm³/mol. The van der Waals surface area contributed by atoms with Gasteiger partial charge in [0.25, 0.3) is 0 Å². The molecule has 0 aromatic carbocycles. The van der Waals surface area contributed by atoms with Gasteiger partial charge in [-0.2, -0.15) is 0 Å². The van der Waals surface area contributed by atoms with Crippen molar-refractivity contribution in [3.63, 3.8) is 0 Å². The highest BCUT2D eigenvalue weighted by Gasteiger charge is 2.96. The van der Waals surface area contributed by atoms with Crippen molar-refractivity contribution < 1.29 is 57.5 Å². The molecule has 3 aliphatic heterocycles. The summed E-state index contributed by atoms with van der Waals surface area (Å²) in [5, 5.41) is 26.1. The van der Waals surface area contributed by atoms with E-state index in [1.165, 1.54) is 26.6 Å². The van der Waals surface area contributed by atoms with Gasteiger partial charge in [0.1, 0.15) is 17.8 Å². The average Bonchev–Trinajstić information content (AvgIpc) is 3.61. The summed E-state index contributed by atoms with van der Waals surface area (Å²) in [5.74, 6) is -7.66. The molecule has 2 N–H and O–H groups in total. The molecule has 0 amide bonds. The number of methoxy groups -OCH3 is 1. The monoisotopic (exact) mass is 632 g/mol. The van der Waals surface area contributed by atoms with Crippen LogP contribution < -0.4 is 0 Å². The van der Waals surface area contributed by atoms with Crippen LogP contribution >= 0.6 is 0 Å². The molecule has 2 bridgehead atoms. The Kier molecular flexibility index (Phi) is 6.95. The lowest BCUT2D eigenvalue weighted by Gasteiger charge is -2.70. The maximum atomic E-state index is 13.5. The number of fused-ring (bicyclic) bond motifs is 2. The Hall–Kier alpha value is -2.96. The number of esters is 4. The standard InChI is InChI=1S/C33H44O12/c1-16(2)25(37)44-27-31-19(9-11-29(6)21(31)14-23(36)43-24(29)18-10-12-41-15-18)30(7)20(13-22(35)40-8)28(4,5)26(42-17(3)34)32(27,38)33(30,39)45-31/h10,12,15-16,19-21,24,26-27,38-39H,9,11,13-14H2,1-8H3/t19?,20-,21+,24-,26-,27-,29+,30+,31+,32-,33+/m0/s1. The van der Waals surface area contributed by atoms with Crippen LogP contribution in [0.3, 0.4) is 0 Å². The number of aliphatic hydroxyl groups is 2. The highest BCUT2D eigenvalue weighted by atomic mass is 16.7. The molecule has 1 unspecified atom stereocenters. The Morgan fingerprint density at radius 1 is 1.07 bits per heavy atom. The molecule has 1 aromatic heterocycles. The minimum atomic E-state index is -2.49. The van der Waals surface area contributed by atoms with E-state index in [-0.39, 0.29) is 12.8 Å². The molecule has 1 spiro atoms. The second-order valence-corrected chi connectivity index (χ2v) is 15.1. The Morgan fingerprint density at radius 2 is 1.76 bits per heavy atom. The summed E-state index contributed by atoms with van der Waals surface area (Å²) >= 11 is 0. The summed E-state index contributed by atoms with van der Waals surface area (Å²) in [6.45, 7) is 11.7. The fourth-order valence-electron chi connectivity index (χ4n) is 10.5. The summed E-state index contributed by atoms with van der Waals surface area (Å²) in [6.07, 6.45) is -0.190. The third-order valence-corrected chi connectivity index (χ3v) is 12.3. The molecule has 248 valence electrons. The van der Waals surface area contributed by atoms with Crippen molar-refractivity contribution in [2.45, 2.75) is 109 Å². The summed E-state index contributed by atoms with van der Waals surface area (Å²) in [6, 6.07) is 1.72. The van der Waals surface area contributed by atoms with E-state index in [0.717, 1.165) is 0 Å². The smallest absolute Gasteiger partial charge is 0.308 e. The van der Waals surface area contributed by atoms with Crippen LogP contribution in [0.15, 0.2) is 23.0 Å². The average molecular weight is 633 g/mol. The summed E-state index contributed by atoms with van der Waals surface area (Å²) in [4.78, 5) is 52.6. The summed E-state index contributed by atoms with van der Waals surface area (Å²) < 4.78 is 35.4. The van der Waals surface area contributed by atoms with Gasteiger partial charge in [-0.25, -0.2) is 0 Å². The van der Waals surface area contributed by atoms with Gasteiger partial charge in [0.05, 0.1) is 32.0 Å². The molecule has 6 rings (SSSR count). The van der Waals surface area contributed by atoms with Gasteiger partial charge < -0.3 is 38.3 Å². The van der Waals surface area contributed by atoms with Gasteiger partial charge in [-0.1, -0.05) is 41.5 Å². The number of carbonyl (C=O) groups is 4. The Bertz CT molecular complexity index is 1420. The molecule has 12 heteroatoms. The molecular formula is C33H44O12. The first-order chi connectivity index (χ1) is 20.9. The molecule has 12 nitrogen and oxygen atoms in total. The van der Waals surface area contributed by atoms with Gasteiger partial charge >= 0.3 is 23.9 Å². The van der Waals surface area contributed by atoms with Crippen LogP contribution in [0.1, 0.15) is 85.8 Å². The van der Waals surface area contributed by atoms with Crippen molar-refractivity contribution in [3.05, 3.63) is 24.2 Å². The van der Waals surface area contributed by atoms with E-state index in [1.807, 2.05) is 6.92 Å². The van der Waals surface area contributed by atoms with Crippen molar-refractivity contribution in [2.24, 2.45) is 39.9 Å². The van der Waals surface area contributed by atoms with Crippen LogP contribution in [-0.4, -0.2) is 70.4 Å². The number of rotatable bonds is 6. The Labute approximate surface area is 262 Å². The third-order valence-electron chi connectivity index (χ3n) is 12.3. The minimum Gasteiger partial charge on any atom is -0.472 e. The number of ether oxygens (including phenoxy) is 5. The maximum absolute atomic E-state index is 13.5. The van der Waals surface area contributed by atoms with Crippen LogP contribution in [0.2, 0.25) is 0 Å². The molecule has 45 heavy (non-hydrogen) atoms. The van der Waals surface area contributed by atoms with Crippen LogP contribution in [0.5, 0.6) is 0 Å². The Morgan fingerprint density at radius 3 is 2.33 bits per heavy atom. The van der Waals surface area contributed by atoms with Gasteiger partial charge in [-0.3, -0.25) is 19.2 Å². The number of hydrogen-bond donors (Lipinski definition) is 2. The molecule has 4 heterocycles. The van der Waals surface area contributed by atoms with Crippen molar-refractivity contribution in [3.8, 4) is 0 Å². The SMILES string of the molecule is COC(=O)C[C@H]1C(C)(C)[C@H](OC(C)=O)[C@]2(O)[C@@H](OC(=O)C(C)C)[C@@]34O[C@]2(O)[C@]1(C)C3CC[C@]1(C)[C@H]4CC(=O)O[C@H]1c1ccoc1. The first-order valence-electron chi connectivity index (χ1n) is 15.7. The number of carbonyl (C=O) groups excluding carboxylic acids is 4. The molecule has 2 aliphatic carbocycles. The maximum Gasteiger partial charge on any atom is 0.308 e. The third kappa shape index (κ3) is 3.70. The predicted octanol–water partition coefficient (Wildman–Crippen LogP) is 3.23. The molecule has 2 saturated carbocycles. The van der Waals surface area contributed by atoms with Gasteiger partial charge in [0, 0.05) is 47.0 Å². The van der Waals surface area contributed by atoms with Gasteiger partial charge in [-0.15, -0.1) is 0 Å². The van der Waals surface area contributed by atoms with Crippen LogP contribution in [0.4, 0.5) is 0 Å². The molecule has 11 atom stereocenters. The first-order valence-corrected chi connectivity index (χ1v) is 15.7. The molecule has 5 fully saturated rings. The topological polar surface area (TPSA) is 168 Å². The lowest BCUT2D eigenvalue weighted by Crippen LogP contribution is -2.85. The Balaban J connectivity index is 1.64. The van der Waals surface area contributed by atoms with Crippen LogP contribution in [-0.2, 0) is 42.9 Å². The van der Waals surface area contributed by atoms with Gasteiger partial charge in [0.15, 0.2) is 11.7 Å². The fraction of sp³-hybridized carbons (Fsp3) is 0.758. The van der Waals surface area contributed by atoms with Gasteiger partial charge in [0.2, 0.25) is 5.79 Å². The fourth-order valence-corrected chi connectivity index (χ4v) is 10.5. The highest BCUT2D eigenvalue weighted by molar-refractivity contribution is 5.74. The van der Waals surface area contributed by atoms with E-state index in [9.17, 15) is 29.4 Å². The van der Waals surface area contributed by atoms with E-state index in [4.69, 9.17) is 28.1 Å².